The van der Waals surface area contributed by atoms with Gasteiger partial charge in [0.1, 0.15) is 0 Å². The lowest BCUT2D eigenvalue weighted by Crippen LogP contribution is -2.28. The predicted molar refractivity (Wildman–Crippen MR) is 83.1 cm³/mol. The lowest BCUT2D eigenvalue weighted by atomic mass is 9.96. The summed E-state index contributed by atoms with van der Waals surface area (Å²) in [4.78, 5) is 0. The Hall–Kier alpha value is -1.06. The number of fused-ring (bicyclic) bond motifs is 1. The highest BCUT2D eigenvalue weighted by atomic mass is 16.5. The van der Waals surface area contributed by atoms with Crippen LogP contribution in [0.25, 0.3) is 0 Å². The molecule has 0 amide bonds. The van der Waals surface area contributed by atoms with Gasteiger partial charge in [-0.15, -0.1) is 0 Å². The second-order valence-electron chi connectivity index (χ2n) is 5.97. The predicted octanol–water partition coefficient (Wildman–Crippen LogP) is 2.95. The lowest BCUT2D eigenvalue weighted by molar-refractivity contribution is 0.0872. The molecule has 0 bridgehead atoms. The van der Waals surface area contributed by atoms with Crippen LogP contribution in [0.1, 0.15) is 37.3 Å². The van der Waals surface area contributed by atoms with E-state index < -0.39 is 0 Å². The Morgan fingerprint density at radius 2 is 2.35 bits per heavy atom. The van der Waals surface area contributed by atoms with Gasteiger partial charge in [-0.3, -0.25) is 0 Å². The molecular weight excluding hydrogens is 248 g/mol. The van der Waals surface area contributed by atoms with Crippen molar-refractivity contribution in [3.63, 3.8) is 0 Å². The van der Waals surface area contributed by atoms with Crippen LogP contribution in [0.2, 0.25) is 0 Å². The van der Waals surface area contributed by atoms with E-state index in [1.807, 2.05) is 0 Å². The molecule has 2 aliphatic heterocycles. The SMILES string of the molecule is CCC1OCCC1CNCc1cccc2c1CCCN2. The molecule has 110 valence electrons. The fourth-order valence-electron chi connectivity index (χ4n) is 3.52. The van der Waals surface area contributed by atoms with Gasteiger partial charge in [-0.2, -0.15) is 0 Å². The maximum Gasteiger partial charge on any atom is 0.0613 e. The maximum atomic E-state index is 5.76. The molecule has 2 aliphatic rings. The first-order chi connectivity index (χ1) is 9.88. The van der Waals surface area contributed by atoms with Crippen molar-refractivity contribution in [3.8, 4) is 0 Å². The Morgan fingerprint density at radius 3 is 3.25 bits per heavy atom. The summed E-state index contributed by atoms with van der Waals surface area (Å²) in [5, 5.41) is 7.15. The lowest BCUT2D eigenvalue weighted by Gasteiger charge is -2.22. The highest BCUT2D eigenvalue weighted by Crippen LogP contribution is 2.26. The second kappa shape index (κ2) is 6.59. The average molecular weight is 274 g/mol. The Labute approximate surface area is 122 Å². The van der Waals surface area contributed by atoms with Crippen LogP contribution in [0.4, 0.5) is 5.69 Å². The smallest absolute Gasteiger partial charge is 0.0613 e. The van der Waals surface area contributed by atoms with E-state index in [4.69, 9.17) is 4.74 Å². The van der Waals surface area contributed by atoms with Crippen LogP contribution in [0, 0.1) is 5.92 Å². The van der Waals surface area contributed by atoms with Crippen molar-refractivity contribution in [1.29, 1.82) is 0 Å². The monoisotopic (exact) mass is 274 g/mol. The largest absolute Gasteiger partial charge is 0.385 e. The third kappa shape index (κ3) is 2.99. The molecular formula is C17H26N2O. The van der Waals surface area contributed by atoms with Gasteiger partial charge in [0.05, 0.1) is 6.10 Å². The topological polar surface area (TPSA) is 33.3 Å². The normalized spacial score (nSPS) is 25.2. The number of hydrogen-bond donors (Lipinski definition) is 2. The van der Waals surface area contributed by atoms with Gasteiger partial charge >= 0.3 is 0 Å². The number of hydrogen-bond acceptors (Lipinski definition) is 3. The summed E-state index contributed by atoms with van der Waals surface area (Å²) >= 11 is 0. The molecule has 3 rings (SSSR count). The molecule has 1 aromatic carbocycles. The molecule has 3 heteroatoms. The van der Waals surface area contributed by atoms with Crippen LogP contribution in [0.3, 0.4) is 0 Å². The Balaban J connectivity index is 1.56. The molecule has 0 saturated carbocycles. The highest BCUT2D eigenvalue weighted by Gasteiger charge is 2.26. The third-order valence-corrected chi connectivity index (χ3v) is 4.66. The molecule has 0 aromatic heterocycles. The summed E-state index contributed by atoms with van der Waals surface area (Å²) in [5.74, 6) is 0.692. The number of anilines is 1. The maximum absolute atomic E-state index is 5.76. The van der Waals surface area contributed by atoms with Gasteiger partial charge in [-0.05, 0) is 48.8 Å². The van der Waals surface area contributed by atoms with E-state index in [2.05, 4.69) is 35.8 Å². The van der Waals surface area contributed by atoms with E-state index in [1.165, 1.54) is 36.1 Å². The molecule has 2 heterocycles. The minimum absolute atomic E-state index is 0.467. The van der Waals surface area contributed by atoms with Gasteiger partial charge < -0.3 is 15.4 Å². The number of benzene rings is 1. The fourth-order valence-corrected chi connectivity index (χ4v) is 3.52. The van der Waals surface area contributed by atoms with Crippen LogP contribution in [-0.2, 0) is 17.7 Å². The first kappa shape index (κ1) is 13.9. The van der Waals surface area contributed by atoms with Gasteiger partial charge in [-0.1, -0.05) is 19.1 Å². The van der Waals surface area contributed by atoms with Crippen molar-refractivity contribution in [3.05, 3.63) is 29.3 Å². The zero-order valence-corrected chi connectivity index (χ0v) is 12.5. The Morgan fingerprint density at radius 1 is 1.40 bits per heavy atom. The second-order valence-corrected chi connectivity index (χ2v) is 5.97. The van der Waals surface area contributed by atoms with E-state index in [1.54, 1.807) is 0 Å². The minimum atomic E-state index is 0.467. The summed E-state index contributed by atoms with van der Waals surface area (Å²) in [5.41, 5.74) is 4.31. The highest BCUT2D eigenvalue weighted by molar-refractivity contribution is 5.56. The molecule has 2 N–H and O–H groups in total. The van der Waals surface area contributed by atoms with Crippen molar-refractivity contribution in [2.45, 2.75) is 45.3 Å². The van der Waals surface area contributed by atoms with Gasteiger partial charge in [0.2, 0.25) is 0 Å². The Kier molecular flexibility index (Phi) is 4.58. The van der Waals surface area contributed by atoms with Crippen LogP contribution in [0.5, 0.6) is 0 Å². The summed E-state index contributed by atoms with van der Waals surface area (Å²) < 4.78 is 5.76. The summed E-state index contributed by atoms with van der Waals surface area (Å²) in [7, 11) is 0. The molecule has 2 unspecified atom stereocenters. The molecule has 0 radical (unpaired) electrons. The first-order valence-corrected chi connectivity index (χ1v) is 8.05. The standard InChI is InChI=1S/C17H26N2O/c1-2-17-14(8-10-20-17)12-18-11-13-5-3-7-16-15(13)6-4-9-19-16/h3,5,7,14,17-19H,2,4,6,8-12H2,1H3. The molecule has 0 aliphatic carbocycles. The number of rotatable bonds is 5. The van der Waals surface area contributed by atoms with Gasteiger partial charge in [0, 0.05) is 31.9 Å². The average Bonchev–Trinajstić information content (AvgIpc) is 2.95. The molecule has 3 nitrogen and oxygen atoms in total. The quantitative estimate of drug-likeness (QED) is 0.866. The molecule has 20 heavy (non-hydrogen) atoms. The minimum Gasteiger partial charge on any atom is -0.385 e. The molecule has 1 saturated heterocycles. The van der Waals surface area contributed by atoms with E-state index >= 15 is 0 Å². The third-order valence-electron chi connectivity index (χ3n) is 4.66. The first-order valence-electron chi connectivity index (χ1n) is 8.05. The van der Waals surface area contributed by atoms with E-state index in [-0.39, 0.29) is 0 Å². The summed E-state index contributed by atoms with van der Waals surface area (Å²) in [6, 6.07) is 6.64. The van der Waals surface area contributed by atoms with Crippen molar-refractivity contribution in [2.75, 3.05) is 25.0 Å². The fraction of sp³-hybridized carbons (Fsp3) is 0.647. The van der Waals surface area contributed by atoms with Crippen LogP contribution in [0.15, 0.2) is 18.2 Å². The molecule has 0 spiro atoms. The number of nitrogens with one attached hydrogen (secondary N) is 2. The zero-order valence-electron chi connectivity index (χ0n) is 12.5. The van der Waals surface area contributed by atoms with Crippen molar-refractivity contribution in [2.24, 2.45) is 5.92 Å². The van der Waals surface area contributed by atoms with Crippen LogP contribution < -0.4 is 10.6 Å². The van der Waals surface area contributed by atoms with Gasteiger partial charge in [0.15, 0.2) is 0 Å². The van der Waals surface area contributed by atoms with Gasteiger partial charge in [0.25, 0.3) is 0 Å². The van der Waals surface area contributed by atoms with Crippen molar-refractivity contribution < 1.29 is 4.74 Å². The van der Waals surface area contributed by atoms with Crippen LogP contribution in [-0.4, -0.2) is 25.8 Å². The summed E-state index contributed by atoms with van der Waals surface area (Å²) in [6.07, 6.45) is 5.27. The molecule has 1 aromatic rings. The van der Waals surface area contributed by atoms with Crippen LogP contribution >= 0.6 is 0 Å². The summed E-state index contributed by atoms with van der Waals surface area (Å²) in [6.45, 7) is 6.34. The molecule has 2 atom stereocenters. The zero-order chi connectivity index (χ0) is 13.8. The van der Waals surface area contributed by atoms with E-state index in [9.17, 15) is 0 Å². The van der Waals surface area contributed by atoms with Crippen molar-refractivity contribution in [1.82, 2.24) is 5.32 Å². The van der Waals surface area contributed by atoms with E-state index in [0.717, 1.165) is 32.7 Å². The molecule has 1 fully saturated rings. The van der Waals surface area contributed by atoms with Crippen molar-refractivity contribution >= 4 is 5.69 Å². The number of ether oxygens (including phenoxy) is 1. The van der Waals surface area contributed by atoms with Gasteiger partial charge in [-0.25, -0.2) is 0 Å². The van der Waals surface area contributed by atoms with E-state index in [0.29, 0.717) is 12.0 Å². The Bertz CT molecular complexity index is 447.